The minimum absolute atomic E-state index is 0.391. The Labute approximate surface area is 81.3 Å². The summed E-state index contributed by atoms with van der Waals surface area (Å²) in [4.78, 5) is 11.2. The van der Waals surface area contributed by atoms with E-state index in [1.165, 1.54) is 0 Å². The van der Waals surface area contributed by atoms with Gasteiger partial charge in [-0.3, -0.25) is 0 Å². The molecule has 0 spiro atoms. The molecule has 2 aromatic rings. The molecular weight excluding hydrogens is 176 g/mol. The standard InChI is InChI=1S/C10H8N4/c1-7-13-8(6-11)5-10(14-7)9-3-2-4-12-9/h2-5,12H,1H3. The van der Waals surface area contributed by atoms with Gasteiger partial charge in [0.1, 0.15) is 17.6 Å². The second kappa shape index (κ2) is 3.30. The second-order valence-corrected chi connectivity index (χ2v) is 2.88. The predicted molar refractivity (Wildman–Crippen MR) is 51.3 cm³/mol. The van der Waals surface area contributed by atoms with Crippen LogP contribution in [0.1, 0.15) is 11.5 Å². The first-order valence-electron chi connectivity index (χ1n) is 4.19. The highest BCUT2D eigenvalue weighted by Crippen LogP contribution is 2.14. The molecule has 2 heterocycles. The van der Waals surface area contributed by atoms with E-state index in [0.717, 1.165) is 11.4 Å². The SMILES string of the molecule is Cc1nc(C#N)cc(-c2ccc[nH]2)n1. The number of nitrogens with zero attached hydrogens (tertiary/aromatic N) is 3. The van der Waals surface area contributed by atoms with Gasteiger partial charge in [0.25, 0.3) is 0 Å². The molecular formula is C10H8N4. The van der Waals surface area contributed by atoms with E-state index in [1.807, 2.05) is 24.4 Å². The molecule has 0 saturated carbocycles. The Hall–Kier alpha value is -2.15. The number of hydrogen-bond donors (Lipinski definition) is 1. The minimum atomic E-state index is 0.391. The van der Waals surface area contributed by atoms with Gasteiger partial charge < -0.3 is 4.98 Å². The average molecular weight is 184 g/mol. The predicted octanol–water partition coefficient (Wildman–Crippen LogP) is 1.65. The van der Waals surface area contributed by atoms with E-state index in [9.17, 15) is 0 Å². The van der Waals surface area contributed by atoms with Crippen molar-refractivity contribution < 1.29 is 0 Å². The summed E-state index contributed by atoms with van der Waals surface area (Å²) in [6.07, 6.45) is 1.82. The fraction of sp³-hybridized carbons (Fsp3) is 0.100. The fourth-order valence-electron chi connectivity index (χ4n) is 1.25. The lowest BCUT2D eigenvalue weighted by Crippen LogP contribution is -1.94. The molecule has 14 heavy (non-hydrogen) atoms. The van der Waals surface area contributed by atoms with Crippen LogP contribution < -0.4 is 0 Å². The number of aromatic nitrogens is 3. The number of nitrogens with one attached hydrogen (secondary N) is 1. The highest BCUT2D eigenvalue weighted by molar-refractivity contribution is 5.55. The highest BCUT2D eigenvalue weighted by atomic mass is 14.9. The Bertz CT molecular complexity index is 479. The molecule has 0 amide bonds. The van der Waals surface area contributed by atoms with Crippen LogP contribution in [0.25, 0.3) is 11.4 Å². The molecule has 0 atom stereocenters. The first kappa shape index (κ1) is 8.45. The van der Waals surface area contributed by atoms with Crippen molar-refractivity contribution in [3.05, 3.63) is 35.9 Å². The molecule has 2 rings (SSSR count). The number of hydrogen-bond acceptors (Lipinski definition) is 3. The van der Waals surface area contributed by atoms with Crippen molar-refractivity contribution in [2.45, 2.75) is 6.92 Å². The fourth-order valence-corrected chi connectivity index (χ4v) is 1.25. The molecule has 0 aromatic carbocycles. The first-order valence-corrected chi connectivity index (χ1v) is 4.19. The molecule has 4 nitrogen and oxygen atoms in total. The quantitative estimate of drug-likeness (QED) is 0.732. The lowest BCUT2D eigenvalue weighted by Gasteiger charge is -1.99. The third kappa shape index (κ3) is 1.48. The number of nitriles is 1. The molecule has 0 aliphatic rings. The highest BCUT2D eigenvalue weighted by Gasteiger charge is 2.03. The number of aryl methyl sites for hydroxylation is 1. The van der Waals surface area contributed by atoms with E-state index in [-0.39, 0.29) is 0 Å². The monoisotopic (exact) mass is 184 g/mol. The minimum Gasteiger partial charge on any atom is -0.360 e. The smallest absolute Gasteiger partial charge is 0.144 e. The number of aromatic amines is 1. The average Bonchev–Trinajstić information content (AvgIpc) is 2.69. The van der Waals surface area contributed by atoms with Gasteiger partial charge in [0.05, 0.1) is 11.4 Å². The zero-order valence-corrected chi connectivity index (χ0v) is 7.65. The summed E-state index contributed by atoms with van der Waals surface area (Å²) >= 11 is 0. The zero-order valence-electron chi connectivity index (χ0n) is 7.65. The molecule has 0 unspecified atom stereocenters. The van der Waals surface area contributed by atoms with Crippen LogP contribution >= 0.6 is 0 Å². The van der Waals surface area contributed by atoms with Crippen molar-refractivity contribution in [1.82, 2.24) is 15.0 Å². The van der Waals surface area contributed by atoms with Gasteiger partial charge >= 0.3 is 0 Å². The Morgan fingerprint density at radius 3 is 2.93 bits per heavy atom. The lowest BCUT2D eigenvalue weighted by atomic mass is 10.2. The summed E-state index contributed by atoms with van der Waals surface area (Å²) in [5.41, 5.74) is 2.04. The van der Waals surface area contributed by atoms with E-state index in [2.05, 4.69) is 15.0 Å². The topological polar surface area (TPSA) is 65.4 Å². The van der Waals surface area contributed by atoms with Gasteiger partial charge in [0, 0.05) is 12.3 Å². The summed E-state index contributed by atoms with van der Waals surface area (Å²) < 4.78 is 0. The normalized spacial score (nSPS) is 9.71. The molecule has 4 heteroatoms. The molecule has 68 valence electrons. The van der Waals surface area contributed by atoms with Crippen molar-refractivity contribution in [3.8, 4) is 17.5 Å². The third-order valence-corrected chi connectivity index (χ3v) is 1.83. The van der Waals surface area contributed by atoms with Crippen LogP contribution in [-0.4, -0.2) is 15.0 Å². The summed E-state index contributed by atoms with van der Waals surface area (Å²) in [6, 6.07) is 7.46. The number of rotatable bonds is 1. The van der Waals surface area contributed by atoms with E-state index < -0.39 is 0 Å². The van der Waals surface area contributed by atoms with Crippen molar-refractivity contribution in [2.75, 3.05) is 0 Å². The maximum Gasteiger partial charge on any atom is 0.144 e. The molecule has 0 radical (unpaired) electrons. The van der Waals surface area contributed by atoms with E-state index in [0.29, 0.717) is 11.5 Å². The third-order valence-electron chi connectivity index (χ3n) is 1.83. The molecule has 0 aliphatic heterocycles. The Balaban J connectivity index is 2.55. The first-order chi connectivity index (χ1) is 6.79. The molecule has 0 aliphatic carbocycles. The van der Waals surface area contributed by atoms with Crippen LogP contribution in [0.4, 0.5) is 0 Å². The largest absolute Gasteiger partial charge is 0.360 e. The van der Waals surface area contributed by atoms with Crippen LogP contribution in [0.2, 0.25) is 0 Å². The van der Waals surface area contributed by atoms with Gasteiger partial charge in [0.15, 0.2) is 0 Å². The van der Waals surface area contributed by atoms with Crippen molar-refractivity contribution in [2.24, 2.45) is 0 Å². The summed E-state index contributed by atoms with van der Waals surface area (Å²) in [6.45, 7) is 1.77. The van der Waals surface area contributed by atoms with E-state index >= 15 is 0 Å². The van der Waals surface area contributed by atoms with Crippen molar-refractivity contribution >= 4 is 0 Å². The van der Waals surface area contributed by atoms with E-state index in [4.69, 9.17) is 5.26 Å². The van der Waals surface area contributed by atoms with Crippen LogP contribution in [0, 0.1) is 18.3 Å². The Morgan fingerprint density at radius 2 is 2.29 bits per heavy atom. The zero-order chi connectivity index (χ0) is 9.97. The maximum absolute atomic E-state index is 8.73. The van der Waals surface area contributed by atoms with Gasteiger partial charge in [-0.15, -0.1) is 0 Å². The van der Waals surface area contributed by atoms with E-state index in [1.54, 1.807) is 13.0 Å². The lowest BCUT2D eigenvalue weighted by molar-refractivity contribution is 1.04. The maximum atomic E-state index is 8.73. The number of H-pyrrole nitrogens is 1. The summed E-state index contributed by atoms with van der Waals surface area (Å²) in [7, 11) is 0. The van der Waals surface area contributed by atoms with Crippen LogP contribution in [-0.2, 0) is 0 Å². The summed E-state index contributed by atoms with van der Waals surface area (Å²) in [5, 5.41) is 8.73. The van der Waals surface area contributed by atoms with Crippen molar-refractivity contribution in [1.29, 1.82) is 5.26 Å². The molecule has 1 N–H and O–H groups in total. The molecule has 0 bridgehead atoms. The van der Waals surface area contributed by atoms with Crippen molar-refractivity contribution in [3.63, 3.8) is 0 Å². The second-order valence-electron chi connectivity index (χ2n) is 2.88. The molecule has 0 saturated heterocycles. The van der Waals surface area contributed by atoms with Gasteiger partial charge in [-0.1, -0.05) is 0 Å². The van der Waals surface area contributed by atoms with Gasteiger partial charge in [-0.05, 0) is 19.1 Å². The summed E-state index contributed by atoms with van der Waals surface area (Å²) in [5.74, 6) is 0.605. The van der Waals surface area contributed by atoms with Crippen LogP contribution in [0.15, 0.2) is 24.4 Å². The Morgan fingerprint density at radius 1 is 1.43 bits per heavy atom. The van der Waals surface area contributed by atoms with Crippen LogP contribution in [0.3, 0.4) is 0 Å². The van der Waals surface area contributed by atoms with Gasteiger partial charge in [-0.25, -0.2) is 9.97 Å². The molecule has 0 fully saturated rings. The van der Waals surface area contributed by atoms with Crippen LogP contribution in [0.5, 0.6) is 0 Å². The van der Waals surface area contributed by atoms with Gasteiger partial charge in [-0.2, -0.15) is 5.26 Å². The molecule has 2 aromatic heterocycles. The van der Waals surface area contributed by atoms with Gasteiger partial charge in [0.2, 0.25) is 0 Å². The Kier molecular flexibility index (Phi) is 1.99.